The van der Waals surface area contributed by atoms with Gasteiger partial charge in [-0.05, 0) is 58.2 Å². The molecule has 1 fully saturated rings. The second-order valence-corrected chi connectivity index (χ2v) is 6.04. The molecule has 2 rings (SSSR count). The van der Waals surface area contributed by atoms with E-state index in [1.807, 2.05) is 7.05 Å². The number of aromatic nitrogens is 1. The number of piperidine rings is 1. The van der Waals surface area contributed by atoms with E-state index in [-0.39, 0.29) is 0 Å². The monoisotopic (exact) mass is 275 g/mol. The van der Waals surface area contributed by atoms with E-state index in [0.29, 0.717) is 6.04 Å². The molecule has 0 spiro atoms. The average molecular weight is 275 g/mol. The first-order valence-electron chi connectivity index (χ1n) is 8.05. The van der Waals surface area contributed by atoms with Crippen LogP contribution < -0.4 is 10.2 Å². The molecule has 2 heterocycles. The molecule has 0 amide bonds. The Morgan fingerprint density at radius 2 is 2.15 bits per heavy atom. The molecule has 1 saturated heterocycles. The molecular formula is C17H29N3. The third kappa shape index (κ3) is 3.32. The van der Waals surface area contributed by atoms with Gasteiger partial charge in [0.15, 0.2) is 0 Å². The molecule has 1 atom stereocenters. The summed E-state index contributed by atoms with van der Waals surface area (Å²) in [4.78, 5) is 7.48. The summed E-state index contributed by atoms with van der Waals surface area (Å²) < 4.78 is 0. The van der Waals surface area contributed by atoms with Gasteiger partial charge >= 0.3 is 0 Å². The summed E-state index contributed by atoms with van der Waals surface area (Å²) in [5.74, 6) is 1.23. The van der Waals surface area contributed by atoms with Crippen molar-refractivity contribution >= 4 is 5.82 Å². The normalized spacial score (nSPS) is 19.4. The Hall–Kier alpha value is -1.09. The first-order chi connectivity index (χ1) is 9.67. The summed E-state index contributed by atoms with van der Waals surface area (Å²) in [5.41, 5.74) is 3.88. The van der Waals surface area contributed by atoms with Gasteiger partial charge in [-0.3, -0.25) is 0 Å². The molecule has 1 N–H and O–H groups in total. The van der Waals surface area contributed by atoms with Crippen LogP contribution in [0.3, 0.4) is 0 Å². The maximum atomic E-state index is 4.89. The zero-order valence-electron chi connectivity index (χ0n) is 13.5. The van der Waals surface area contributed by atoms with Crippen molar-refractivity contribution in [1.29, 1.82) is 0 Å². The van der Waals surface area contributed by atoms with Crippen molar-refractivity contribution in [3.05, 3.63) is 22.9 Å². The van der Waals surface area contributed by atoms with Crippen LogP contribution in [-0.2, 0) is 6.54 Å². The standard InChI is InChI=1S/C17H29N3/c1-5-8-15-9-6-7-10-20(15)17-16(12-18-4)13(2)11-14(3)19-17/h11,15,18H,5-10,12H2,1-4H3. The maximum absolute atomic E-state index is 4.89. The smallest absolute Gasteiger partial charge is 0.133 e. The summed E-state index contributed by atoms with van der Waals surface area (Å²) in [7, 11) is 2.02. The minimum Gasteiger partial charge on any atom is -0.353 e. The Kier molecular flexibility index (Phi) is 5.41. The van der Waals surface area contributed by atoms with Gasteiger partial charge in [-0.2, -0.15) is 0 Å². The summed E-state index contributed by atoms with van der Waals surface area (Å²) in [6.07, 6.45) is 6.53. The summed E-state index contributed by atoms with van der Waals surface area (Å²) in [5, 5.41) is 3.30. The Labute approximate surface area is 123 Å². The van der Waals surface area contributed by atoms with E-state index in [2.05, 4.69) is 37.1 Å². The fraction of sp³-hybridized carbons (Fsp3) is 0.706. The van der Waals surface area contributed by atoms with E-state index in [4.69, 9.17) is 4.98 Å². The molecule has 0 saturated carbocycles. The van der Waals surface area contributed by atoms with Crippen LogP contribution in [0.5, 0.6) is 0 Å². The highest BCUT2D eigenvalue weighted by atomic mass is 15.2. The average Bonchev–Trinajstić information content (AvgIpc) is 2.43. The molecule has 3 nitrogen and oxygen atoms in total. The number of anilines is 1. The van der Waals surface area contributed by atoms with E-state index in [0.717, 1.165) is 18.8 Å². The maximum Gasteiger partial charge on any atom is 0.133 e. The summed E-state index contributed by atoms with van der Waals surface area (Å²) >= 11 is 0. The van der Waals surface area contributed by atoms with Crippen LogP contribution in [0.4, 0.5) is 5.82 Å². The van der Waals surface area contributed by atoms with E-state index in [9.17, 15) is 0 Å². The number of hydrogen-bond acceptors (Lipinski definition) is 3. The number of nitrogens with one attached hydrogen (secondary N) is 1. The van der Waals surface area contributed by atoms with Gasteiger partial charge in [-0.15, -0.1) is 0 Å². The van der Waals surface area contributed by atoms with Crippen LogP contribution in [0.2, 0.25) is 0 Å². The minimum absolute atomic E-state index is 0.679. The number of pyridine rings is 1. The van der Waals surface area contributed by atoms with E-state index >= 15 is 0 Å². The number of rotatable bonds is 5. The van der Waals surface area contributed by atoms with Crippen molar-refractivity contribution in [3.8, 4) is 0 Å². The van der Waals surface area contributed by atoms with Gasteiger partial charge in [0.05, 0.1) is 0 Å². The number of nitrogens with zero attached hydrogens (tertiary/aromatic N) is 2. The lowest BCUT2D eigenvalue weighted by atomic mass is 9.97. The van der Waals surface area contributed by atoms with Crippen LogP contribution in [-0.4, -0.2) is 24.6 Å². The van der Waals surface area contributed by atoms with Crippen LogP contribution >= 0.6 is 0 Å². The van der Waals surface area contributed by atoms with Gasteiger partial charge in [-0.25, -0.2) is 4.98 Å². The minimum atomic E-state index is 0.679. The first kappa shape index (κ1) is 15.3. The Balaban J connectivity index is 2.37. The van der Waals surface area contributed by atoms with Gasteiger partial charge < -0.3 is 10.2 Å². The fourth-order valence-electron chi connectivity index (χ4n) is 3.39. The van der Waals surface area contributed by atoms with Gasteiger partial charge in [0.25, 0.3) is 0 Å². The summed E-state index contributed by atoms with van der Waals surface area (Å²) in [6, 6.07) is 2.88. The molecule has 0 bridgehead atoms. The molecule has 1 aliphatic heterocycles. The third-order valence-corrected chi connectivity index (χ3v) is 4.33. The van der Waals surface area contributed by atoms with Gasteiger partial charge in [0.2, 0.25) is 0 Å². The third-order valence-electron chi connectivity index (χ3n) is 4.33. The van der Waals surface area contributed by atoms with Crippen LogP contribution in [0.1, 0.15) is 55.8 Å². The zero-order valence-corrected chi connectivity index (χ0v) is 13.5. The number of aryl methyl sites for hydroxylation is 2. The molecule has 20 heavy (non-hydrogen) atoms. The first-order valence-corrected chi connectivity index (χ1v) is 8.05. The second-order valence-electron chi connectivity index (χ2n) is 6.04. The highest BCUT2D eigenvalue weighted by molar-refractivity contribution is 5.52. The van der Waals surface area contributed by atoms with Crippen molar-refractivity contribution in [2.75, 3.05) is 18.5 Å². The zero-order chi connectivity index (χ0) is 14.5. The molecule has 1 aliphatic rings. The van der Waals surface area contributed by atoms with E-state index < -0.39 is 0 Å². The van der Waals surface area contributed by atoms with Crippen LogP contribution in [0.25, 0.3) is 0 Å². The van der Waals surface area contributed by atoms with Crippen molar-refractivity contribution in [2.45, 2.75) is 65.5 Å². The Bertz CT molecular complexity index is 440. The second kappa shape index (κ2) is 7.07. The highest BCUT2D eigenvalue weighted by Crippen LogP contribution is 2.30. The van der Waals surface area contributed by atoms with Crippen molar-refractivity contribution in [3.63, 3.8) is 0 Å². The molecule has 1 unspecified atom stereocenters. The quantitative estimate of drug-likeness (QED) is 0.890. The van der Waals surface area contributed by atoms with Crippen molar-refractivity contribution < 1.29 is 0 Å². The predicted octanol–water partition coefficient (Wildman–Crippen LogP) is 3.58. The van der Waals surface area contributed by atoms with Gasteiger partial charge in [0, 0.05) is 30.4 Å². The molecule has 0 aliphatic carbocycles. The van der Waals surface area contributed by atoms with Gasteiger partial charge in [0.1, 0.15) is 5.82 Å². The summed E-state index contributed by atoms with van der Waals surface area (Å²) in [6.45, 7) is 8.68. The van der Waals surface area contributed by atoms with Crippen LogP contribution in [0, 0.1) is 13.8 Å². The lowest BCUT2D eigenvalue weighted by Gasteiger charge is -2.38. The molecule has 1 aromatic rings. The van der Waals surface area contributed by atoms with Crippen molar-refractivity contribution in [1.82, 2.24) is 10.3 Å². The largest absolute Gasteiger partial charge is 0.353 e. The molecule has 3 heteroatoms. The lowest BCUT2D eigenvalue weighted by Crippen LogP contribution is -2.41. The van der Waals surface area contributed by atoms with Crippen LogP contribution in [0.15, 0.2) is 6.07 Å². The number of hydrogen-bond donors (Lipinski definition) is 1. The Morgan fingerprint density at radius 1 is 1.35 bits per heavy atom. The highest BCUT2D eigenvalue weighted by Gasteiger charge is 2.25. The lowest BCUT2D eigenvalue weighted by molar-refractivity contribution is 0.430. The van der Waals surface area contributed by atoms with Gasteiger partial charge in [-0.1, -0.05) is 13.3 Å². The predicted molar refractivity (Wildman–Crippen MR) is 86.4 cm³/mol. The molecule has 0 aromatic carbocycles. The molecular weight excluding hydrogens is 246 g/mol. The van der Waals surface area contributed by atoms with E-state index in [1.165, 1.54) is 49.0 Å². The van der Waals surface area contributed by atoms with E-state index in [1.54, 1.807) is 0 Å². The fourth-order valence-corrected chi connectivity index (χ4v) is 3.39. The van der Waals surface area contributed by atoms with Crippen molar-refractivity contribution in [2.24, 2.45) is 0 Å². The Morgan fingerprint density at radius 3 is 2.85 bits per heavy atom. The topological polar surface area (TPSA) is 28.2 Å². The molecule has 112 valence electrons. The molecule has 1 aromatic heterocycles. The molecule has 0 radical (unpaired) electrons. The SMILES string of the molecule is CCCC1CCCCN1c1nc(C)cc(C)c1CNC.